The summed E-state index contributed by atoms with van der Waals surface area (Å²) in [6.45, 7) is 6.46. The van der Waals surface area contributed by atoms with Crippen LogP contribution in [0, 0.1) is 19.8 Å². The molecule has 1 unspecified atom stereocenters. The molecule has 0 radical (unpaired) electrons. The molecule has 2 N–H and O–H groups in total. The van der Waals surface area contributed by atoms with Gasteiger partial charge in [-0.25, -0.2) is 0 Å². The van der Waals surface area contributed by atoms with Crippen LogP contribution in [0.25, 0.3) is 0 Å². The average molecular weight is 246 g/mol. The van der Waals surface area contributed by atoms with Crippen LogP contribution in [0.3, 0.4) is 0 Å². The number of rotatable bonds is 2. The zero-order valence-electron chi connectivity index (χ0n) is 11.3. The van der Waals surface area contributed by atoms with Crippen molar-refractivity contribution >= 4 is 5.91 Å². The van der Waals surface area contributed by atoms with Gasteiger partial charge >= 0.3 is 0 Å². The van der Waals surface area contributed by atoms with E-state index < -0.39 is 0 Å². The second-order valence-electron chi connectivity index (χ2n) is 5.29. The molecule has 18 heavy (non-hydrogen) atoms. The Bertz CT molecular complexity index is 442. The topological polar surface area (TPSA) is 46.3 Å². The molecule has 0 aromatic heterocycles. The van der Waals surface area contributed by atoms with Crippen molar-refractivity contribution in [2.24, 2.45) is 11.7 Å². The summed E-state index contributed by atoms with van der Waals surface area (Å²) in [6, 6.07) is 5.94. The maximum atomic E-state index is 12.4. The third-order valence-corrected chi connectivity index (χ3v) is 3.89. The summed E-state index contributed by atoms with van der Waals surface area (Å²) < 4.78 is 0. The van der Waals surface area contributed by atoms with Crippen molar-refractivity contribution in [1.29, 1.82) is 0 Å². The van der Waals surface area contributed by atoms with Crippen LogP contribution in [0.2, 0.25) is 0 Å². The molecule has 0 bridgehead atoms. The van der Waals surface area contributed by atoms with Crippen LogP contribution in [0.15, 0.2) is 18.2 Å². The van der Waals surface area contributed by atoms with E-state index in [1.54, 1.807) is 0 Å². The standard InChI is InChI=1S/C15H22N2O/c1-11-5-6-14(8-12(11)2)15(18)17-7-3-4-13(9-16)10-17/h5-6,8,13H,3-4,7,9-10,16H2,1-2H3. The first-order chi connectivity index (χ1) is 8.61. The summed E-state index contributed by atoms with van der Waals surface area (Å²) in [5.74, 6) is 0.616. The number of aryl methyl sites for hydroxylation is 2. The smallest absolute Gasteiger partial charge is 0.253 e. The molecule has 1 aromatic carbocycles. The fourth-order valence-corrected chi connectivity index (χ4v) is 2.50. The molecule has 1 heterocycles. The van der Waals surface area contributed by atoms with Crippen molar-refractivity contribution in [3.63, 3.8) is 0 Å². The molecular weight excluding hydrogens is 224 g/mol. The second kappa shape index (κ2) is 5.53. The normalized spacial score (nSPS) is 19.9. The average Bonchev–Trinajstić information content (AvgIpc) is 2.41. The van der Waals surface area contributed by atoms with E-state index in [2.05, 4.69) is 6.92 Å². The molecule has 3 nitrogen and oxygen atoms in total. The van der Waals surface area contributed by atoms with Gasteiger partial charge in [0, 0.05) is 18.7 Å². The summed E-state index contributed by atoms with van der Waals surface area (Å²) in [5, 5.41) is 0. The highest BCUT2D eigenvalue weighted by atomic mass is 16.2. The number of likely N-dealkylation sites (tertiary alicyclic amines) is 1. The number of piperidine rings is 1. The lowest BCUT2D eigenvalue weighted by molar-refractivity contribution is 0.0678. The van der Waals surface area contributed by atoms with Gasteiger partial charge in [-0.15, -0.1) is 0 Å². The van der Waals surface area contributed by atoms with E-state index in [9.17, 15) is 4.79 Å². The minimum atomic E-state index is 0.149. The van der Waals surface area contributed by atoms with E-state index in [4.69, 9.17) is 5.73 Å². The number of carbonyl (C=O) groups is 1. The third-order valence-electron chi connectivity index (χ3n) is 3.89. The Hall–Kier alpha value is -1.35. The maximum absolute atomic E-state index is 12.4. The lowest BCUT2D eigenvalue weighted by Gasteiger charge is -2.32. The zero-order valence-corrected chi connectivity index (χ0v) is 11.3. The van der Waals surface area contributed by atoms with Gasteiger partial charge in [-0.1, -0.05) is 6.07 Å². The van der Waals surface area contributed by atoms with Gasteiger partial charge in [0.25, 0.3) is 5.91 Å². The van der Waals surface area contributed by atoms with E-state index in [0.29, 0.717) is 12.5 Å². The number of amides is 1. The molecule has 1 aliphatic rings. The van der Waals surface area contributed by atoms with E-state index in [1.807, 2.05) is 30.0 Å². The first-order valence-electron chi connectivity index (χ1n) is 6.68. The van der Waals surface area contributed by atoms with Gasteiger partial charge in [-0.3, -0.25) is 4.79 Å². The van der Waals surface area contributed by atoms with Crippen LogP contribution < -0.4 is 5.73 Å². The summed E-state index contributed by atoms with van der Waals surface area (Å²) in [5.41, 5.74) is 8.91. The number of hydrogen-bond acceptors (Lipinski definition) is 2. The summed E-state index contributed by atoms with van der Waals surface area (Å²) >= 11 is 0. The zero-order chi connectivity index (χ0) is 13.1. The van der Waals surface area contributed by atoms with Crippen molar-refractivity contribution in [3.8, 4) is 0 Å². The number of nitrogens with two attached hydrogens (primary N) is 1. The molecular formula is C15H22N2O. The van der Waals surface area contributed by atoms with Gasteiger partial charge in [0.1, 0.15) is 0 Å². The quantitative estimate of drug-likeness (QED) is 0.868. The molecule has 0 aliphatic carbocycles. The lowest BCUT2D eigenvalue weighted by atomic mass is 9.97. The molecule has 2 rings (SSSR count). The number of benzene rings is 1. The molecule has 1 amide bonds. The Morgan fingerprint density at radius 3 is 2.83 bits per heavy atom. The minimum Gasteiger partial charge on any atom is -0.338 e. The first-order valence-corrected chi connectivity index (χ1v) is 6.68. The van der Waals surface area contributed by atoms with Crippen LogP contribution in [-0.2, 0) is 0 Å². The van der Waals surface area contributed by atoms with E-state index in [1.165, 1.54) is 11.1 Å². The van der Waals surface area contributed by atoms with Crippen molar-refractivity contribution in [1.82, 2.24) is 4.90 Å². The monoisotopic (exact) mass is 246 g/mol. The first kappa shape index (κ1) is 13.1. The highest BCUT2D eigenvalue weighted by Crippen LogP contribution is 2.19. The predicted molar refractivity (Wildman–Crippen MR) is 73.6 cm³/mol. The summed E-state index contributed by atoms with van der Waals surface area (Å²) in [7, 11) is 0. The van der Waals surface area contributed by atoms with Crippen LogP contribution in [-0.4, -0.2) is 30.4 Å². The lowest BCUT2D eigenvalue weighted by Crippen LogP contribution is -2.42. The molecule has 98 valence electrons. The molecule has 1 saturated heterocycles. The Balaban J connectivity index is 2.12. The van der Waals surface area contributed by atoms with E-state index in [-0.39, 0.29) is 5.91 Å². The van der Waals surface area contributed by atoms with Crippen molar-refractivity contribution in [2.75, 3.05) is 19.6 Å². The molecule has 1 aromatic rings. The van der Waals surface area contributed by atoms with Gasteiger partial charge in [0.05, 0.1) is 0 Å². The van der Waals surface area contributed by atoms with Crippen molar-refractivity contribution in [3.05, 3.63) is 34.9 Å². The van der Waals surface area contributed by atoms with Gasteiger partial charge in [-0.2, -0.15) is 0 Å². The van der Waals surface area contributed by atoms with Crippen molar-refractivity contribution in [2.45, 2.75) is 26.7 Å². The predicted octanol–water partition coefficient (Wildman–Crippen LogP) is 2.11. The molecule has 1 aliphatic heterocycles. The van der Waals surface area contributed by atoms with Crippen LogP contribution in [0.5, 0.6) is 0 Å². The SMILES string of the molecule is Cc1ccc(C(=O)N2CCCC(CN)C2)cc1C. The number of nitrogens with zero attached hydrogens (tertiary/aromatic N) is 1. The molecule has 0 saturated carbocycles. The fourth-order valence-electron chi connectivity index (χ4n) is 2.50. The van der Waals surface area contributed by atoms with Crippen LogP contribution in [0.1, 0.15) is 34.3 Å². The molecule has 1 atom stereocenters. The van der Waals surface area contributed by atoms with Crippen LogP contribution >= 0.6 is 0 Å². The third kappa shape index (κ3) is 2.72. The highest BCUT2D eigenvalue weighted by Gasteiger charge is 2.23. The Morgan fingerprint density at radius 2 is 2.17 bits per heavy atom. The van der Waals surface area contributed by atoms with Crippen LogP contribution in [0.4, 0.5) is 0 Å². The minimum absolute atomic E-state index is 0.149. The maximum Gasteiger partial charge on any atom is 0.253 e. The van der Waals surface area contributed by atoms with Gasteiger partial charge < -0.3 is 10.6 Å². The summed E-state index contributed by atoms with van der Waals surface area (Å²) in [4.78, 5) is 14.4. The van der Waals surface area contributed by atoms with Gasteiger partial charge in [0.15, 0.2) is 0 Å². The Labute approximate surface area is 109 Å². The van der Waals surface area contributed by atoms with Gasteiger partial charge in [0.2, 0.25) is 0 Å². The molecule has 3 heteroatoms. The van der Waals surface area contributed by atoms with E-state index >= 15 is 0 Å². The molecule has 0 spiro atoms. The fraction of sp³-hybridized carbons (Fsp3) is 0.533. The Kier molecular flexibility index (Phi) is 4.02. The number of hydrogen-bond donors (Lipinski definition) is 1. The number of carbonyl (C=O) groups excluding carboxylic acids is 1. The largest absolute Gasteiger partial charge is 0.338 e. The van der Waals surface area contributed by atoms with E-state index in [0.717, 1.165) is 31.5 Å². The van der Waals surface area contributed by atoms with Gasteiger partial charge in [-0.05, 0) is 62.4 Å². The second-order valence-corrected chi connectivity index (χ2v) is 5.29. The Morgan fingerprint density at radius 1 is 1.39 bits per heavy atom. The van der Waals surface area contributed by atoms with Crippen molar-refractivity contribution < 1.29 is 4.79 Å². The highest BCUT2D eigenvalue weighted by molar-refractivity contribution is 5.94. The molecule has 1 fully saturated rings. The summed E-state index contributed by atoms with van der Waals surface area (Å²) in [6.07, 6.45) is 2.21.